The van der Waals surface area contributed by atoms with Crippen LogP contribution in [-0.4, -0.2) is 12.6 Å². The Morgan fingerprint density at radius 3 is 3.00 bits per heavy atom. The Labute approximate surface area is 85.2 Å². The zero-order valence-electron chi connectivity index (χ0n) is 8.55. The Balaban J connectivity index is 2.07. The monoisotopic (exact) mass is 197 g/mol. The summed E-state index contributed by atoms with van der Waals surface area (Å²) < 4.78 is 0. The van der Waals surface area contributed by atoms with Crippen LogP contribution in [-0.2, 0) is 6.42 Å². The number of thiophene rings is 1. The fourth-order valence-electron chi connectivity index (χ4n) is 1.49. The predicted octanol–water partition coefficient (Wildman–Crippen LogP) is 3.07. The molecular formula is C11H19NS. The van der Waals surface area contributed by atoms with Gasteiger partial charge in [-0.15, -0.1) is 11.3 Å². The van der Waals surface area contributed by atoms with E-state index in [1.165, 1.54) is 24.1 Å². The van der Waals surface area contributed by atoms with Gasteiger partial charge in [-0.25, -0.2) is 0 Å². The third-order valence-electron chi connectivity index (χ3n) is 2.19. The molecule has 1 atom stereocenters. The van der Waals surface area contributed by atoms with Gasteiger partial charge in [-0.3, -0.25) is 0 Å². The predicted molar refractivity (Wildman–Crippen MR) is 60.4 cm³/mol. The van der Waals surface area contributed by atoms with Crippen LogP contribution in [0.1, 0.15) is 31.6 Å². The number of hydrogen-bond acceptors (Lipinski definition) is 2. The maximum atomic E-state index is 3.43. The average Bonchev–Trinajstić information content (AvgIpc) is 2.57. The Morgan fingerprint density at radius 2 is 2.38 bits per heavy atom. The summed E-state index contributed by atoms with van der Waals surface area (Å²) in [5, 5.41) is 5.58. The van der Waals surface area contributed by atoms with Gasteiger partial charge >= 0.3 is 0 Å². The van der Waals surface area contributed by atoms with Crippen LogP contribution in [0.25, 0.3) is 0 Å². The van der Waals surface area contributed by atoms with E-state index >= 15 is 0 Å². The first-order chi connectivity index (χ1) is 6.33. The molecule has 0 amide bonds. The molecule has 1 aromatic heterocycles. The molecule has 1 N–H and O–H groups in total. The van der Waals surface area contributed by atoms with Crippen LogP contribution in [0, 0.1) is 0 Å². The van der Waals surface area contributed by atoms with Gasteiger partial charge in [0.1, 0.15) is 0 Å². The van der Waals surface area contributed by atoms with Crippen LogP contribution >= 0.6 is 11.3 Å². The molecule has 13 heavy (non-hydrogen) atoms. The first-order valence-corrected chi connectivity index (χ1v) is 5.96. The van der Waals surface area contributed by atoms with Crippen LogP contribution in [0.5, 0.6) is 0 Å². The molecule has 0 spiro atoms. The minimum absolute atomic E-state index is 0.671. The van der Waals surface area contributed by atoms with Gasteiger partial charge in [-0.1, -0.05) is 13.0 Å². The van der Waals surface area contributed by atoms with Crippen molar-refractivity contribution in [3.63, 3.8) is 0 Å². The fraction of sp³-hybridized carbons (Fsp3) is 0.636. The highest BCUT2D eigenvalue weighted by Gasteiger charge is 1.99. The molecule has 0 aliphatic heterocycles. The zero-order valence-corrected chi connectivity index (χ0v) is 9.36. The summed E-state index contributed by atoms with van der Waals surface area (Å²) in [6, 6.07) is 5.03. The van der Waals surface area contributed by atoms with E-state index < -0.39 is 0 Å². The molecule has 1 nitrogen and oxygen atoms in total. The largest absolute Gasteiger partial charge is 0.315 e. The molecule has 1 heterocycles. The van der Waals surface area contributed by atoms with Crippen molar-refractivity contribution in [3.05, 3.63) is 22.4 Å². The van der Waals surface area contributed by atoms with Crippen molar-refractivity contribution in [2.75, 3.05) is 6.54 Å². The summed E-state index contributed by atoms with van der Waals surface area (Å²) in [5.41, 5.74) is 0. The maximum absolute atomic E-state index is 3.43. The van der Waals surface area contributed by atoms with Gasteiger partial charge in [-0.2, -0.15) is 0 Å². The second-order valence-electron chi connectivity index (χ2n) is 3.43. The van der Waals surface area contributed by atoms with Crippen LogP contribution < -0.4 is 5.32 Å². The molecule has 0 fully saturated rings. The maximum Gasteiger partial charge on any atom is 0.00452 e. The Bertz CT molecular complexity index is 206. The van der Waals surface area contributed by atoms with E-state index in [1.807, 2.05) is 11.3 Å². The number of hydrogen-bond donors (Lipinski definition) is 1. The number of aryl methyl sites for hydroxylation is 1. The fourth-order valence-corrected chi connectivity index (χ4v) is 2.24. The zero-order chi connectivity index (χ0) is 9.52. The summed E-state index contributed by atoms with van der Waals surface area (Å²) in [6.45, 7) is 5.51. The summed E-state index contributed by atoms with van der Waals surface area (Å²) in [6.07, 6.45) is 3.83. The van der Waals surface area contributed by atoms with Gasteiger partial charge in [0.2, 0.25) is 0 Å². The van der Waals surface area contributed by atoms with E-state index in [0.717, 1.165) is 6.54 Å². The van der Waals surface area contributed by atoms with Gasteiger partial charge in [0.15, 0.2) is 0 Å². The molecular weight excluding hydrogens is 178 g/mol. The Kier molecular flexibility index (Phi) is 5.09. The molecule has 0 aliphatic carbocycles. The minimum atomic E-state index is 0.671. The first-order valence-electron chi connectivity index (χ1n) is 5.08. The lowest BCUT2D eigenvalue weighted by Gasteiger charge is -2.10. The molecule has 1 unspecified atom stereocenters. The second-order valence-corrected chi connectivity index (χ2v) is 4.46. The number of rotatable bonds is 6. The van der Waals surface area contributed by atoms with E-state index in [-0.39, 0.29) is 0 Å². The topological polar surface area (TPSA) is 12.0 Å². The van der Waals surface area contributed by atoms with Crippen molar-refractivity contribution in [1.29, 1.82) is 0 Å². The molecule has 0 aliphatic rings. The van der Waals surface area contributed by atoms with E-state index in [4.69, 9.17) is 0 Å². The van der Waals surface area contributed by atoms with Crippen LogP contribution in [0.2, 0.25) is 0 Å². The highest BCUT2D eigenvalue weighted by Crippen LogP contribution is 2.12. The van der Waals surface area contributed by atoms with Gasteiger partial charge in [0, 0.05) is 10.9 Å². The average molecular weight is 197 g/mol. The third-order valence-corrected chi connectivity index (χ3v) is 3.13. The highest BCUT2D eigenvalue weighted by molar-refractivity contribution is 7.09. The summed E-state index contributed by atoms with van der Waals surface area (Å²) >= 11 is 1.87. The van der Waals surface area contributed by atoms with Crippen LogP contribution in [0.4, 0.5) is 0 Å². The molecule has 2 heteroatoms. The molecule has 0 radical (unpaired) electrons. The smallest absolute Gasteiger partial charge is 0.00452 e. The molecule has 0 saturated heterocycles. The summed E-state index contributed by atoms with van der Waals surface area (Å²) in [4.78, 5) is 1.52. The van der Waals surface area contributed by atoms with Crippen LogP contribution in [0.15, 0.2) is 17.5 Å². The minimum Gasteiger partial charge on any atom is -0.315 e. The Morgan fingerprint density at radius 1 is 1.54 bits per heavy atom. The van der Waals surface area contributed by atoms with E-state index in [9.17, 15) is 0 Å². The molecule has 74 valence electrons. The lowest BCUT2D eigenvalue weighted by Crippen LogP contribution is -2.25. The van der Waals surface area contributed by atoms with Gasteiger partial charge < -0.3 is 5.32 Å². The van der Waals surface area contributed by atoms with E-state index in [0.29, 0.717) is 6.04 Å². The van der Waals surface area contributed by atoms with Crippen molar-refractivity contribution in [3.8, 4) is 0 Å². The standard InChI is InChI=1S/C11H19NS/c1-3-12-10(2)6-4-7-11-8-5-9-13-11/h5,8-10,12H,3-4,6-7H2,1-2H3. The van der Waals surface area contributed by atoms with Gasteiger partial charge in [0.05, 0.1) is 0 Å². The Hall–Kier alpha value is -0.340. The van der Waals surface area contributed by atoms with Crippen molar-refractivity contribution in [1.82, 2.24) is 5.32 Å². The van der Waals surface area contributed by atoms with E-state index in [2.05, 4.69) is 36.7 Å². The molecule has 0 aromatic carbocycles. The van der Waals surface area contributed by atoms with Gasteiger partial charge in [-0.05, 0) is 44.2 Å². The number of nitrogens with one attached hydrogen (secondary N) is 1. The molecule has 1 rings (SSSR count). The normalized spacial score (nSPS) is 13.1. The van der Waals surface area contributed by atoms with Crippen molar-refractivity contribution >= 4 is 11.3 Å². The van der Waals surface area contributed by atoms with Crippen LogP contribution in [0.3, 0.4) is 0 Å². The summed E-state index contributed by atoms with van der Waals surface area (Å²) in [5.74, 6) is 0. The molecule has 1 aromatic rings. The molecule has 0 saturated carbocycles. The van der Waals surface area contributed by atoms with Crippen molar-refractivity contribution < 1.29 is 0 Å². The summed E-state index contributed by atoms with van der Waals surface area (Å²) in [7, 11) is 0. The third kappa shape index (κ3) is 4.44. The quantitative estimate of drug-likeness (QED) is 0.739. The lowest BCUT2D eigenvalue weighted by molar-refractivity contribution is 0.513. The SMILES string of the molecule is CCNC(C)CCCc1cccs1. The second kappa shape index (κ2) is 6.17. The van der Waals surface area contributed by atoms with Crippen molar-refractivity contribution in [2.24, 2.45) is 0 Å². The van der Waals surface area contributed by atoms with Crippen molar-refractivity contribution in [2.45, 2.75) is 39.2 Å². The lowest BCUT2D eigenvalue weighted by atomic mass is 10.1. The first kappa shape index (κ1) is 10.7. The molecule has 0 bridgehead atoms. The van der Waals surface area contributed by atoms with Gasteiger partial charge in [0.25, 0.3) is 0 Å². The highest BCUT2D eigenvalue weighted by atomic mass is 32.1. The van der Waals surface area contributed by atoms with E-state index in [1.54, 1.807) is 0 Å².